The van der Waals surface area contributed by atoms with Gasteiger partial charge in [0.1, 0.15) is 18.2 Å². The Balaban J connectivity index is 1.67. The summed E-state index contributed by atoms with van der Waals surface area (Å²) in [5, 5.41) is 0.615. The minimum absolute atomic E-state index is 0.114. The van der Waals surface area contributed by atoms with Gasteiger partial charge in [0.05, 0.1) is 11.6 Å². The molecule has 0 aromatic carbocycles. The topological polar surface area (TPSA) is 51.1 Å². The van der Waals surface area contributed by atoms with Crippen LogP contribution in [0.1, 0.15) is 18.5 Å². The summed E-state index contributed by atoms with van der Waals surface area (Å²) in [5.74, 6) is 1.57. The Morgan fingerprint density at radius 3 is 2.95 bits per heavy atom. The van der Waals surface area contributed by atoms with Crippen molar-refractivity contribution in [3.8, 4) is 5.88 Å². The van der Waals surface area contributed by atoms with Crippen LogP contribution in [0.25, 0.3) is 0 Å². The van der Waals surface area contributed by atoms with E-state index in [2.05, 4.69) is 19.9 Å². The molecule has 3 heterocycles. The quantitative estimate of drug-likeness (QED) is 0.872. The van der Waals surface area contributed by atoms with Crippen molar-refractivity contribution in [2.45, 2.75) is 25.9 Å². The first kappa shape index (κ1) is 14.1. The van der Waals surface area contributed by atoms with E-state index in [9.17, 15) is 0 Å². The number of hydrogen-bond acceptors (Lipinski definition) is 5. The highest BCUT2D eigenvalue weighted by Gasteiger charge is 2.22. The summed E-state index contributed by atoms with van der Waals surface area (Å²) >= 11 is 5.83. The third kappa shape index (κ3) is 3.61. The molecule has 0 bridgehead atoms. The summed E-state index contributed by atoms with van der Waals surface area (Å²) in [4.78, 5) is 14.9. The van der Waals surface area contributed by atoms with Crippen LogP contribution in [-0.2, 0) is 0 Å². The van der Waals surface area contributed by atoms with Gasteiger partial charge >= 0.3 is 0 Å². The van der Waals surface area contributed by atoms with Crippen LogP contribution in [-0.4, -0.2) is 34.1 Å². The van der Waals surface area contributed by atoms with Crippen LogP contribution in [0.3, 0.4) is 0 Å². The second-order valence-electron chi connectivity index (χ2n) is 5.16. The Morgan fingerprint density at radius 1 is 1.29 bits per heavy atom. The zero-order valence-electron chi connectivity index (χ0n) is 11.9. The minimum atomic E-state index is 0.114. The first-order chi connectivity index (χ1) is 10.2. The molecule has 0 radical (unpaired) electrons. The van der Waals surface area contributed by atoms with E-state index in [0.29, 0.717) is 10.9 Å². The minimum Gasteiger partial charge on any atom is -0.472 e. The van der Waals surface area contributed by atoms with Gasteiger partial charge in [0, 0.05) is 30.6 Å². The van der Waals surface area contributed by atoms with E-state index in [0.717, 1.165) is 37.4 Å². The highest BCUT2D eigenvalue weighted by Crippen LogP contribution is 2.21. The van der Waals surface area contributed by atoms with Gasteiger partial charge < -0.3 is 9.64 Å². The molecule has 0 aliphatic carbocycles. The lowest BCUT2D eigenvalue weighted by molar-refractivity contribution is 0.172. The Labute approximate surface area is 129 Å². The molecule has 0 amide bonds. The summed E-state index contributed by atoms with van der Waals surface area (Å²) in [7, 11) is 0. The van der Waals surface area contributed by atoms with Gasteiger partial charge in [-0.2, -0.15) is 0 Å². The molecule has 1 aliphatic heterocycles. The Kier molecular flexibility index (Phi) is 4.20. The average molecular weight is 305 g/mol. The van der Waals surface area contributed by atoms with Gasteiger partial charge in [0.2, 0.25) is 5.88 Å². The van der Waals surface area contributed by atoms with Gasteiger partial charge in [0.15, 0.2) is 0 Å². The highest BCUT2D eigenvalue weighted by molar-refractivity contribution is 6.30. The van der Waals surface area contributed by atoms with E-state index >= 15 is 0 Å². The van der Waals surface area contributed by atoms with Gasteiger partial charge in [0.25, 0.3) is 0 Å². The molecule has 5 nitrogen and oxygen atoms in total. The van der Waals surface area contributed by atoms with Gasteiger partial charge in [-0.1, -0.05) is 11.6 Å². The lowest BCUT2D eigenvalue weighted by Crippen LogP contribution is -2.41. The third-order valence-electron chi connectivity index (χ3n) is 3.48. The number of rotatable bonds is 3. The zero-order valence-corrected chi connectivity index (χ0v) is 12.6. The molecule has 2 aromatic rings. The SMILES string of the molecule is Cc1cc(N2CCCC(Oc3ccc(Cl)cn3)C2)ncn1. The van der Waals surface area contributed by atoms with Crippen LogP contribution in [0.15, 0.2) is 30.7 Å². The number of hydrogen-bond donors (Lipinski definition) is 0. The normalized spacial score (nSPS) is 18.6. The van der Waals surface area contributed by atoms with Crippen LogP contribution in [0.4, 0.5) is 5.82 Å². The summed E-state index contributed by atoms with van der Waals surface area (Å²) < 4.78 is 5.94. The van der Waals surface area contributed by atoms with Crippen molar-refractivity contribution in [3.05, 3.63) is 41.4 Å². The maximum Gasteiger partial charge on any atom is 0.213 e. The van der Waals surface area contributed by atoms with Crippen molar-refractivity contribution < 1.29 is 4.74 Å². The van der Waals surface area contributed by atoms with Crippen LogP contribution in [0.5, 0.6) is 5.88 Å². The standard InChI is InChI=1S/C15H17ClN4O/c1-11-7-14(19-10-18-11)20-6-2-3-13(9-20)21-15-5-4-12(16)8-17-15/h4-5,7-8,10,13H,2-3,6,9H2,1H3. The second kappa shape index (κ2) is 6.26. The molecule has 1 aliphatic rings. The lowest BCUT2D eigenvalue weighted by Gasteiger charge is -2.33. The van der Waals surface area contributed by atoms with Gasteiger partial charge in [-0.25, -0.2) is 15.0 Å². The largest absolute Gasteiger partial charge is 0.472 e. The van der Waals surface area contributed by atoms with Crippen LogP contribution >= 0.6 is 11.6 Å². The van der Waals surface area contributed by atoms with Crippen LogP contribution < -0.4 is 9.64 Å². The van der Waals surface area contributed by atoms with Crippen molar-refractivity contribution in [1.29, 1.82) is 0 Å². The molecule has 0 spiro atoms. The number of piperidine rings is 1. The number of aryl methyl sites for hydroxylation is 1. The van der Waals surface area contributed by atoms with Gasteiger partial charge in [-0.05, 0) is 25.8 Å². The fourth-order valence-corrected chi connectivity index (χ4v) is 2.57. The fraction of sp³-hybridized carbons (Fsp3) is 0.400. The molecule has 0 saturated carbocycles. The Bertz CT molecular complexity index is 605. The molecule has 2 aromatic heterocycles. The summed E-state index contributed by atoms with van der Waals surface area (Å²) in [6.07, 6.45) is 5.41. The number of aromatic nitrogens is 3. The van der Waals surface area contributed by atoms with E-state index in [1.165, 1.54) is 0 Å². The maximum atomic E-state index is 5.94. The Morgan fingerprint density at radius 2 is 2.19 bits per heavy atom. The molecule has 1 unspecified atom stereocenters. The van der Waals surface area contributed by atoms with Gasteiger partial charge in [-0.3, -0.25) is 0 Å². The smallest absolute Gasteiger partial charge is 0.213 e. The molecule has 21 heavy (non-hydrogen) atoms. The Hall–Kier alpha value is -1.88. The molecule has 1 saturated heterocycles. The number of ether oxygens (including phenoxy) is 1. The highest BCUT2D eigenvalue weighted by atomic mass is 35.5. The summed E-state index contributed by atoms with van der Waals surface area (Å²) in [5.41, 5.74) is 0.974. The summed E-state index contributed by atoms with van der Waals surface area (Å²) in [6, 6.07) is 5.59. The van der Waals surface area contributed by atoms with E-state index in [-0.39, 0.29) is 6.10 Å². The molecule has 110 valence electrons. The third-order valence-corrected chi connectivity index (χ3v) is 3.70. The predicted molar refractivity (Wildman–Crippen MR) is 81.9 cm³/mol. The number of anilines is 1. The molecule has 1 fully saturated rings. The zero-order chi connectivity index (χ0) is 14.7. The predicted octanol–water partition coefficient (Wildman–Crippen LogP) is 2.88. The van der Waals surface area contributed by atoms with Crippen molar-refractivity contribution in [1.82, 2.24) is 15.0 Å². The average Bonchev–Trinajstić information content (AvgIpc) is 2.50. The first-order valence-corrected chi connectivity index (χ1v) is 7.40. The lowest BCUT2D eigenvalue weighted by atomic mass is 10.1. The molecule has 0 N–H and O–H groups in total. The fourth-order valence-electron chi connectivity index (χ4n) is 2.46. The number of pyridine rings is 1. The monoisotopic (exact) mass is 304 g/mol. The molecular formula is C15H17ClN4O. The van der Waals surface area contributed by atoms with Crippen molar-refractivity contribution in [2.75, 3.05) is 18.0 Å². The van der Waals surface area contributed by atoms with Crippen molar-refractivity contribution >= 4 is 17.4 Å². The van der Waals surface area contributed by atoms with Gasteiger partial charge in [-0.15, -0.1) is 0 Å². The number of nitrogens with zero attached hydrogens (tertiary/aromatic N) is 4. The van der Waals surface area contributed by atoms with E-state index in [1.54, 1.807) is 24.7 Å². The number of halogens is 1. The first-order valence-electron chi connectivity index (χ1n) is 7.02. The van der Waals surface area contributed by atoms with E-state index in [4.69, 9.17) is 16.3 Å². The molecule has 3 rings (SSSR count). The van der Waals surface area contributed by atoms with Crippen LogP contribution in [0.2, 0.25) is 5.02 Å². The van der Waals surface area contributed by atoms with Crippen molar-refractivity contribution in [2.24, 2.45) is 0 Å². The van der Waals surface area contributed by atoms with E-state index < -0.39 is 0 Å². The molecule has 6 heteroatoms. The molecule has 1 atom stereocenters. The second-order valence-corrected chi connectivity index (χ2v) is 5.60. The van der Waals surface area contributed by atoms with Crippen LogP contribution in [0, 0.1) is 6.92 Å². The summed E-state index contributed by atoms with van der Waals surface area (Å²) in [6.45, 7) is 3.77. The molecular weight excluding hydrogens is 288 g/mol. The van der Waals surface area contributed by atoms with Crippen molar-refractivity contribution in [3.63, 3.8) is 0 Å². The van der Waals surface area contributed by atoms with E-state index in [1.807, 2.05) is 13.0 Å². The maximum absolute atomic E-state index is 5.94.